The zero-order chi connectivity index (χ0) is 13.0. The summed E-state index contributed by atoms with van der Waals surface area (Å²) in [5.74, 6) is 0.549. The van der Waals surface area contributed by atoms with Crippen LogP contribution in [0.2, 0.25) is 0 Å². The van der Waals surface area contributed by atoms with Crippen molar-refractivity contribution < 1.29 is 0 Å². The highest BCUT2D eigenvalue weighted by Gasteiger charge is 2.11. The number of rotatable bonds is 4. The van der Waals surface area contributed by atoms with Gasteiger partial charge in [0.15, 0.2) is 0 Å². The molecule has 0 aliphatic rings. The molecule has 94 valence electrons. The van der Waals surface area contributed by atoms with Crippen LogP contribution in [-0.4, -0.2) is 5.33 Å². The molecule has 0 bridgehead atoms. The lowest BCUT2D eigenvalue weighted by molar-refractivity contribution is 0.774. The first kappa shape index (κ1) is 13.4. The second-order valence-electron chi connectivity index (χ2n) is 4.96. The van der Waals surface area contributed by atoms with Gasteiger partial charge >= 0.3 is 0 Å². The number of alkyl halides is 1. The van der Waals surface area contributed by atoms with E-state index in [0.29, 0.717) is 5.92 Å². The second kappa shape index (κ2) is 6.19. The van der Waals surface area contributed by atoms with E-state index < -0.39 is 0 Å². The maximum absolute atomic E-state index is 3.65. The fourth-order valence-corrected chi connectivity index (χ4v) is 2.80. The quantitative estimate of drug-likeness (QED) is 0.695. The normalized spacial score (nSPS) is 12.4. The summed E-state index contributed by atoms with van der Waals surface area (Å²) in [7, 11) is 0. The van der Waals surface area contributed by atoms with E-state index in [2.05, 4.69) is 78.3 Å². The van der Waals surface area contributed by atoms with Crippen molar-refractivity contribution in [2.45, 2.75) is 26.2 Å². The lowest BCUT2D eigenvalue weighted by Crippen LogP contribution is -2.04. The molecule has 2 rings (SSSR count). The van der Waals surface area contributed by atoms with E-state index in [9.17, 15) is 0 Å². The first-order chi connectivity index (χ1) is 8.69. The van der Waals surface area contributed by atoms with Gasteiger partial charge in [-0.05, 0) is 37.3 Å². The van der Waals surface area contributed by atoms with Crippen LogP contribution in [0.5, 0.6) is 0 Å². The van der Waals surface area contributed by atoms with E-state index in [0.717, 1.165) is 11.8 Å². The van der Waals surface area contributed by atoms with Crippen LogP contribution in [0, 0.1) is 13.8 Å². The molecule has 0 saturated carbocycles. The number of hydrogen-bond donors (Lipinski definition) is 0. The van der Waals surface area contributed by atoms with Crippen LogP contribution in [-0.2, 0) is 6.42 Å². The van der Waals surface area contributed by atoms with Gasteiger partial charge < -0.3 is 0 Å². The lowest BCUT2D eigenvalue weighted by Gasteiger charge is -2.15. The second-order valence-corrected chi connectivity index (χ2v) is 5.60. The van der Waals surface area contributed by atoms with Gasteiger partial charge in [-0.1, -0.05) is 75.6 Å². The highest BCUT2D eigenvalue weighted by molar-refractivity contribution is 9.09. The Morgan fingerprint density at radius 1 is 0.944 bits per heavy atom. The third kappa shape index (κ3) is 3.46. The largest absolute Gasteiger partial charge is 0.0921 e. The van der Waals surface area contributed by atoms with Crippen LogP contribution < -0.4 is 0 Å². The monoisotopic (exact) mass is 302 g/mol. The highest BCUT2D eigenvalue weighted by atomic mass is 79.9. The Labute approximate surface area is 118 Å². The molecule has 0 aliphatic heterocycles. The van der Waals surface area contributed by atoms with Gasteiger partial charge in [0.1, 0.15) is 0 Å². The van der Waals surface area contributed by atoms with Gasteiger partial charge in [-0.25, -0.2) is 0 Å². The van der Waals surface area contributed by atoms with Crippen molar-refractivity contribution >= 4 is 15.9 Å². The maximum atomic E-state index is 3.65. The number of benzene rings is 2. The first-order valence-electron chi connectivity index (χ1n) is 6.37. The van der Waals surface area contributed by atoms with E-state index >= 15 is 0 Å². The lowest BCUT2D eigenvalue weighted by atomic mass is 9.92. The van der Waals surface area contributed by atoms with Crippen LogP contribution in [0.4, 0.5) is 0 Å². The van der Waals surface area contributed by atoms with Crippen molar-refractivity contribution in [1.82, 2.24) is 0 Å². The molecule has 0 aromatic heterocycles. The van der Waals surface area contributed by atoms with Crippen molar-refractivity contribution in [3.05, 3.63) is 70.8 Å². The molecule has 1 unspecified atom stereocenters. The number of aryl methyl sites for hydroxylation is 2. The van der Waals surface area contributed by atoms with Crippen molar-refractivity contribution in [3.63, 3.8) is 0 Å². The minimum absolute atomic E-state index is 0.549. The van der Waals surface area contributed by atoms with Crippen molar-refractivity contribution in [3.8, 4) is 0 Å². The third-order valence-corrected chi connectivity index (χ3v) is 4.08. The summed E-state index contributed by atoms with van der Waals surface area (Å²) in [6, 6.07) is 17.7. The molecular weight excluding hydrogens is 284 g/mol. The zero-order valence-corrected chi connectivity index (χ0v) is 12.6. The first-order valence-corrected chi connectivity index (χ1v) is 7.49. The topological polar surface area (TPSA) is 0 Å². The maximum Gasteiger partial charge on any atom is 0.0103 e. The summed E-state index contributed by atoms with van der Waals surface area (Å²) in [5, 5.41) is 1.00. The predicted molar refractivity (Wildman–Crippen MR) is 82.6 cm³/mol. The van der Waals surface area contributed by atoms with Gasteiger partial charge in [0.2, 0.25) is 0 Å². The fraction of sp³-hybridized carbons (Fsp3) is 0.294. The van der Waals surface area contributed by atoms with Crippen LogP contribution in [0.15, 0.2) is 48.5 Å². The van der Waals surface area contributed by atoms with E-state index in [-0.39, 0.29) is 0 Å². The smallest absolute Gasteiger partial charge is 0.0103 e. The Morgan fingerprint density at radius 3 is 2.28 bits per heavy atom. The summed E-state index contributed by atoms with van der Waals surface area (Å²) in [6.45, 7) is 4.28. The SMILES string of the molecule is Cc1ccc(CC(CBr)c2cccc(C)c2)cc1. The molecule has 1 atom stereocenters. The van der Waals surface area contributed by atoms with Gasteiger partial charge in [-0.15, -0.1) is 0 Å². The Kier molecular flexibility index (Phi) is 4.60. The molecule has 0 N–H and O–H groups in total. The van der Waals surface area contributed by atoms with Crippen LogP contribution in [0.25, 0.3) is 0 Å². The molecule has 0 nitrogen and oxygen atoms in total. The number of hydrogen-bond acceptors (Lipinski definition) is 0. The van der Waals surface area contributed by atoms with Gasteiger partial charge in [0, 0.05) is 5.33 Å². The van der Waals surface area contributed by atoms with Crippen LogP contribution in [0.3, 0.4) is 0 Å². The highest BCUT2D eigenvalue weighted by Crippen LogP contribution is 2.24. The average molecular weight is 303 g/mol. The van der Waals surface area contributed by atoms with E-state index in [1.165, 1.54) is 22.3 Å². The van der Waals surface area contributed by atoms with Gasteiger partial charge in [-0.3, -0.25) is 0 Å². The summed E-state index contributed by atoms with van der Waals surface area (Å²) in [4.78, 5) is 0. The van der Waals surface area contributed by atoms with Gasteiger partial charge in [-0.2, -0.15) is 0 Å². The molecule has 2 aromatic rings. The Hall–Kier alpha value is -1.08. The molecule has 0 aliphatic carbocycles. The molecule has 0 amide bonds. The molecule has 1 heteroatoms. The molecule has 0 heterocycles. The Balaban J connectivity index is 2.17. The standard InChI is InChI=1S/C17H19Br/c1-13-6-8-15(9-7-13)11-17(12-18)16-5-3-4-14(2)10-16/h3-10,17H,11-12H2,1-2H3. The molecule has 18 heavy (non-hydrogen) atoms. The van der Waals surface area contributed by atoms with Crippen LogP contribution in [0.1, 0.15) is 28.2 Å². The average Bonchev–Trinajstić information content (AvgIpc) is 2.38. The minimum atomic E-state index is 0.549. The van der Waals surface area contributed by atoms with Crippen molar-refractivity contribution in [2.75, 3.05) is 5.33 Å². The Morgan fingerprint density at radius 2 is 1.67 bits per heavy atom. The zero-order valence-electron chi connectivity index (χ0n) is 11.0. The molecule has 2 aromatic carbocycles. The van der Waals surface area contributed by atoms with Gasteiger partial charge in [0.05, 0.1) is 0 Å². The summed E-state index contributed by atoms with van der Waals surface area (Å²) < 4.78 is 0. The van der Waals surface area contributed by atoms with Crippen molar-refractivity contribution in [1.29, 1.82) is 0 Å². The van der Waals surface area contributed by atoms with Crippen molar-refractivity contribution in [2.24, 2.45) is 0 Å². The minimum Gasteiger partial charge on any atom is -0.0921 e. The molecule has 0 radical (unpaired) electrons. The summed E-state index contributed by atoms with van der Waals surface area (Å²) in [6.07, 6.45) is 1.09. The van der Waals surface area contributed by atoms with E-state index in [1.54, 1.807) is 0 Å². The molecule has 0 spiro atoms. The van der Waals surface area contributed by atoms with E-state index in [4.69, 9.17) is 0 Å². The predicted octanol–water partition coefficient (Wildman–Crippen LogP) is 5.02. The molecule has 0 fully saturated rings. The summed E-state index contributed by atoms with van der Waals surface area (Å²) >= 11 is 3.65. The third-order valence-electron chi connectivity index (χ3n) is 3.30. The fourth-order valence-electron chi connectivity index (χ4n) is 2.19. The molecule has 0 saturated heterocycles. The van der Waals surface area contributed by atoms with Crippen LogP contribution >= 0.6 is 15.9 Å². The molecular formula is C17H19Br. The van der Waals surface area contributed by atoms with Gasteiger partial charge in [0.25, 0.3) is 0 Å². The summed E-state index contributed by atoms with van der Waals surface area (Å²) in [5.41, 5.74) is 5.49. The van der Waals surface area contributed by atoms with E-state index in [1.807, 2.05) is 0 Å². The Bertz CT molecular complexity index is 499. The number of halogens is 1.